The molecule has 0 N–H and O–H groups in total. The number of hydrogen-bond acceptors (Lipinski definition) is 4. The average molecular weight is 244 g/mol. The molecule has 1 aromatic rings. The topological polar surface area (TPSA) is 38.2 Å². The van der Waals surface area contributed by atoms with E-state index in [-0.39, 0.29) is 0 Å². The molecule has 0 bridgehead atoms. The van der Waals surface area contributed by atoms with Crippen molar-refractivity contribution in [1.82, 2.24) is 9.97 Å². The summed E-state index contributed by atoms with van der Waals surface area (Å²) in [5, 5.41) is 0. The Morgan fingerprint density at radius 1 is 1.31 bits per heavy atom. The quantitative estimate of drug-likeness (QED) is 0.714. The molecule has 0 aliphatic heterocycles. The van der Waals surface area contributed by atoms with Crippen LogP contribution in [0.4, 0.5) is 5.82 Å². The summed E-state index contributed by atoms with van der Waals surface area (Å²) in [7, 11) is 1.69. The molecule has 90 valence electrons. The summed E-state index contributed by atoms with van der Waals surface area (Å²) < 4.78 is 5.07. The van der Waals surface area contributed by atoms with Gasteiger partial charge < -0.3 is 9.64 Å². The zero-order chi connectivity index (χ0) is 12.0. The third kappa shape index (κ3) is 3.94. The minimum absolute atomic E-state index is 0.575. The van der Waals surface area contributed by atoms with Crippen LogP contribution in [0.25, 0.3) is 0 Å². The van der Waals surface area contributed by atoms with Gasteiger partial charge in [-0.05, 0) is 13.8 Å². The molecule has 0 fully saturated rings. The minimum atomic E-state index is 0.575. The molecular weight excluding hydrogens is 226 g/mol. The summed E-state index contributed by atoms with van der Waals surface area (Å²) in [5.41, 5.74) is 0.972. The number of methoxy groups -OCH3 is 1. The van der Waals surface area contributed by atoms with Gasteiger partial charge in [0, 0.05) is 37.8 Å². The van der Waals surface area contributed by atoms with Crippen molar-refractivity contribution in [2.24, 2.45) is 0 Å². The van der Waals surface area contributed by atoms with Gasteiger partial charge in [0.1, 0.15) is 11.6 Å². The molecule has 0 amide bonds. The van der Waals surface area contributed by atoms with Gasteiger partial charge in [-0.25, -0.2) is 9.97 Å². The highest BCUT2D eigenvalue weighted by molar-refractivity contribution is 6.18. The Morgan fingerprint density at radius 2 is 2.06 bits per heavy atom. The van der Waals surface area contributed by atoms with E-state index in [2.05, 4.69) is 14.9 Å². The maximum atomic E-state index is 5.78. The minimum Gasteiger partial charge on any atom is -0.383 e. The molecule has 0 aliphatic rings. The number of anilines is 1. The monoisotopic (exact) mass is 243 g/mol. The van der Waals surface area contributed by atoms with Crippen LogP contribution in [0.3, 0.4) is 0 Å². The highest BCUT2D eigenvalue weighted by Crippen LogP contribution is 2.12. The van der Waals surface area contributed by atoms with E-state index in [9.17, 15) is 0 Å². The second-order valence-corrected chi connectivity index (χ2v) is 3.96. The fraction of sp³-hybridized carbons (Fsp3) is 0.636. The highest BCUT2D eigenvalue weighted by atomic mass is 35.5. The van der Waals surface area contributed by atoms with E-state index in [1.807, 2.05) is 19.9 Å². The van der Waals surface area contributed by atoms with Crippen LogP contribution in [-0.4, -0.2) is 42.7 Å². The normalized spacial score (nSPS) is 10.5. The van der Waals surface area contributed by atoms with E-state index in [0.29, 0.717) is 12.5 Å². The first-order chi connectivity index (χ1) is 7.67. The van der Waals surface area contributed by atoms with Crippen LogP contribution < -0.4 is 4.90 Å². The molecule has 1 aromatic heterocycles. The predicted octanol–water partition coefficient (Wildman–Crippen LogP) is 1.79. The van der Waals surface area contributed by atoms with Crippen molar-refractivity contribution in [2.45, 2.75) is 13.8 Å². The van der Waals surface area contributed by atoms with Gasteiger partial charge in [0.2, 0.25) is 0 Å². The summed E-state index contributed by atoms with van der Waals surface area (Å²) in [6, 6.07) is 1.97. The number of rotatable bonds is 6. The molecule has 0 unspecified atom stereocenters. The van der Waals surface area contributed by atoms with E-state index in [1.54, 1.807) is 7.11 Å². The van der Waals surface area contributed by atoms with Crippen molar-refractivity contribution in [3.8, 4) is 0 Å². The summed E-state index contributed by atoms with van der Waals surface area (Å²) in [4.78, 5) is 10.8. The van der Waals surface area contributed by atoms with E-state index in [4.69, 9.17) is 16.3 Å². The van der Waals surface area contributed by atoms with Gasteiger partial charge >= 0.3 is 0 Å². The Bertz CT molecular complexity index is 313. The molecule has 0 aliphatic carbocycles. The summed E-state index contributed by atoms with van der Waals surface area (Å²) in [5.74, 6) is 2.28. The van der Waals surface area contributed by atoms with Crippen LogP contribution in [0.5, 0.6) is 0 Å². The molecule has 0 radical (unpaired) electrons. The number of hydrogen-bond donors (Lipinski definition) is 0. The maximum absolute atomic E-state index is 5.78. The average Bonchev–Trinajstić information content (AvgIpc) is 2.22. The van der Waals surface area contributed by atoms with Gasteiger partial charge in [-0.2, -0.15) is 0 Å². The molecule has 0 saturated heterocycles. The first-order valence-corrected chi connectivity index (χ1v) is 5.83. The van der Waals surface area contributed by atoms with Crippen LogP contribution in [0.15, 0.2) is 6.07 Å². The molecule has 4 nitrogen and oxygen atoms in total. The Labute approximate surface area is 102 Å². The van der Waals surface area contributed by atoms with Crippen molar-refractivity contribution in [3.05, 3.63) is 17.6 Å². The lowest BCUT2D eigenvalue weighted by Crippen LogP contribution is -2.30. The Hall–Kier alpha value is -0.870. The molecule has 0 saturated carbocycles. The van der Waals surface area contributed by atoms with Gasteiger partial charge in [-0.1, -0.05) is 0 Å². The van der Waals surface area contributed by atoms with Crippen LogP contribution >= 0.6 is 11.6 Å². The molecular formula is C11H18ClN3O. The zero-order valence-electron chi connectivity index (χ0n) is 10.0. The number of aromatic nitrogens is 2. The standard InChI is InChI=1S/C11H18ClN3O/c1-9-8-11(14-10(2)13-9)15(5-4-12)6-7-16-3/h8H,4-7H2,1-3H3. The smallest absolute Gasteiger partial charge is 0.132 e. The SMILES string of the molecule is COCCN(CCCl)c1cc(C)nc(C)n1. The first-order valence-electron chi connectivity index (χ1n) is 5.29. The lowest BCUT2D eigenvalue weighted by atomic mass is 10.3. The number of halogens is 1. The summed E-state index contributed by atoms with van der Waals surface area (Å²) in [6.45, 7) is 6.08. The second kappa shape index (κ2) is 6.66. The Kier molecular flexibility index (Phi) is 5.49. The largest absolute Gasteiger partial charge is 0.383 e. The van der Waals surface area contributed by atoms with Crippen molar-refractivity contribution >= 4 is 17.4 Å². The molecule has 16 heavy (non-hydrogen) atoms. The van der Waals surface area contributed by atoms with Crippen LogP contribution in [-0.2, 0) is 4.74 Å². The van der Waals surface area contributed by atoms with Crippen molar-refractivity contribution in [1.29, 1.82) is 0 Å². The van der Waals surface area contributed by atoms with Gasteiger partial charge in [-0.15, -0.1) is 11.6 Å². The predicted molar refractivity (Wildman–Crippen MR) is 66.3 cm³/mol. The summed E-state index contributed by atoms with van der Waals surface area (Å²) in [6.07, 6.45) is 0. The second-order valence-electron chi connectivity index (χ2n) is 3.58. The lowest BCUT2D eigenvalue weighted by molar-refractivity contribution is 0.205. The lowest BCUT2D eigenvalue weighted by Gasteiger charge is -2.22. The van der Waals surface area contributed by atoms with Crippen LogP contribution in [0.1, 0.15) is 11.5 Å². The van der Waals surface area contributed by atoms with Gasteiger partial charge in [0.25, 0.3) is 0 Å². The molecule has 0 atom stereocenters. The van der Waals surface area contributed by atoms with Crippen molar-refractivity contribution < 1.29 is 4.74 Å². The van der Waals surface area contributed by atoms with Crippen LogP contribution in [0, 0.1) is 13.8 Å². The molecule has 0 aromatic carbocycles. The molecule has 5 heteroatoms. The van der Waals surface area contributed by atoms with Gasteiger partial charge in [0.15, 0.2) is 0 Å². The van der Waals surface area contributed by atoms with Crippen molar-refractivity contribution in [3.63, 3.8) is 0 Å². The fourth-order valence-corrected chi connectivity index (χ4v) is 1.71. The number of ether oxygens (including phenoxy) is 1. The first kappa shape index (κ1) is 13.2. The third-order valence-corrected chi connectivity index (χ3v) is 2.37. The van der Waals surface area contributed by atoms with E-state index in [1.165, 1.54) is 0 Å². The molecule has 0 spiro atoms. The van der Waals surface area contributed by atoms with Gasteiger partial charge in [0.05, 0.1) is 6.61 Å². The zero-order valence-corrected chi connectivity index (χ0v) is 10.8. The Morgan fingerprint density at radius 3 is 2.62 bits per heavy atom. The number of nitrogens with zero attached hydrogens (tertiary/aromatic N) is 3. The molecule has 1 rings (SSSR count). The maximum Gasteiger partial charge on any atom is 0.132 e. The van der Waals surface area contributed by atoms with E-state index in [0.717, 1.165) is 30.4 Å². The van der Waals surface area contributed by atoms with Crippen LogP contribution in [0.2, 0.25) is 0 Å². The van der Waals surface area contributed by atoms with E-state index >= 15 is 0 Å². The number of alkyl halides is 1. The molecule has 1 heterocycles. The number of aryl methyl sites for hydroxylation is 2. The highest BCUT2D eigenvalue weighted by Gasteiger charge is 2.08. The van der Waals surface area contributed by atoms with E-state index < -0.39 is 0 Å². The van der Waals surface area contributed by atoms with Gasteiger partial charge in [-0.3, -0.25) is 0 Å². The third-order valence-electron chi connectivity index (χ3n) is 2.20. The summed E-state index contributed by atoms with van der Waals surface area (Å²) >= 11 is 5.78. The Balaban J connectivity index is 2.82. The fourth-order valence-electron chi connectivity index (χ4n) is 1.50. The van der Waals surface area contributed by atoms with Crippen molar-refractivity contribution in [2.75, 3.05) is 37.6 Å².